The molecule has 3 aromatic rings. The minimum atomic E-state index is -1.03. The summed E-state index contributed by atoms with van der Waals surface area (Å²) in [6.45, 7) is 9.48. The Morgan fingerprint density at radius 1 is 0.817 bits per heavy atom. The van der Waals surface area contributed by atoms with Crippen LogP contribution in [0, 0.1) is 0 Å². The van der Waals surface area contributed by atoms with Crippen molar-refractivity contribution in [3.8, 4) is 0 Å². The predicted octanol–water partition coefficient (Wildman–Crippen LogP) is 1.80. The molecule has 2 aromatic carbocycles. The van der Waals surface area contributed by atoms with Crippen molar-refractivity contribution in [3.05, 3.63) is 81.8 Å². The lowest BCUT2D eigenvalue weighted by molar-refractivity contribution is -0.136. The molecule has 21 nitrogen and oxygen atoms in total. The number of aromatic nitrogens is 2. The van der Waals surface area contributed by atoms with Crippen LogP contribution in [0.25, 0.3) is 0 Å². The molecule has 0 saturated carbocycles. The van der Waals surface area contributed by atoms with E-state index >= 15 is 0 Å². The Labute approximate surface area is 417 Å². The molecule has 3 aliphatic heterocycles. The Balaban J connectivity index is 0.663. The number of amides is 6. The molecular weight excluding hydrogens is 942 g/mol. The molecule has 1 aliphatic carbocycles. The minimum Gasteiger partial charge on any atom is -0.387 e. The molecule has 7 rings (SSSR count). The van der Waals surface area contributed by atoms with E-state index in [2.05, 4.69) is 43.1 Å². The van der Waals surface area contributed by atoms with Gasteiger partial charge < -0.3 is 54.5 Å². The van der Waals surface area contributed by atoms with Crippen LogP contribution in [-0.2, 0) is 42.9 Å². The van der Waals surface area contributed by atoms with E-state index in [1.54, 1.807) is 30.3 Å². The summed E-state index contributed by atoms with van der Waals surface area (Å²) in [5.74, 6) is -1.80. The van der Waals surface area contributed by atoms with Gasteiger partial charge >= 0.3 is 0 Å². The number of fused-ring (bicyclic) bond motifs is 2. The molecule has 0 radical (unpaired) electrons. The van der Waals surface area contributed by atoms with Gasteiger partial charge in [0, 0.05) is 81.5 Å². The van der Waals surface area contributed by atoms with Crippen LogP contribution in [0.5, 0.6) is 0 Å². The van der Waals surface area contributed by atoms with Crippen LogP contribution < -0.4 is 26.2 Å². The first-order chi connectivity index (χ1) is 34.5. The van der Waals surface area contributed by atoms with Gasteiger partial charge in [0.1, 0.15) is 18.2 Å². The maximum Gasteiger partial charge on any atom is 0.264 e. The van der Waals surface area contributed by atoms with E-state index in [4.69, 9.17) is 35.3 Å². The number of carbonyl (C=O) groups excluding carboxylic acids is 6. The van der Waals surface area contributed by atoms with Gasteiger partial charge in [0.25, 0.3) is 11.8 Å². The number of piperidine rings is 1. The number of hydrogen-bond acceptors (Lipinski definition) is 17. The molecule has 6 amide bonds. The summed E-state index contributed by atoms with van der Waals surface area (Å²) in [6, 6.07) is 11.2. The smallest absolute Gasteiger partial charge is 0.264 e. The topological polar surface area (TPSA) is 252 Å². The first kappa shape index (κ1) is 53.2. The molecule has 4 aliphatic rings. The fourth-order valence-corrected chi connectivity index (χ4v) is 9.18. The summed E-state index contributed by atoms with van der Waals surface area (Å²) < 4.78 is 27.8. The summed E-state index contributed by atoms with van der Waals surface area (Å²) in [6.07, 6.45) is 1.94. The number of nitrogens with one attached hydrogen (secondary N) is 4. The van der Waals surface area contributed by atoms with Crippen molar-refractivity contribution in [3.63, 3.8) is 0 Å². The van der Waals surface area contributed by atoms with E-state index in [0.29, 0.717) is 141 Å². The van der Waals surface area contributed by atoms with Gasteiger partial charge in [-0.25, -0.2) is 9.97 Å². The van der Waals surface area contributed by atoms with Crippen LogP contribution in [0.2, 0.25) is 5.02 Å². The Kier molecular flexibility index (Phi) is 20.0. The van der Waals surface area contributed by atoms with Crippen molar-refractivity contribution >= 4 is 58.5 Å². The highest BCUT2D eigenvalue weighted by Gasteiger charge is 2.45. The normalized spacial score (nSPS) is 19.2. The van der Waals surface area contributed by atoms with Crippen molar-refractivity contribution < 1.29 is 57.6 Å². The van der Waals surface area contributed by atoms with Crippen molar-refractivity contribution in [2.45, 2.75) is 56.6 Å². The van der Waals surface area contributed by atoms with Crippen molar-refractivity contribution in [2.24, 2.45) is 0 Å². The van der Waals surface area contributed by atoms with Gasteiger partial charge in [-0.15, -0.1) is 0 Å². The molecule has 384 valence electrons. The van der Waals surface area contributed by atoms with Crippen molar-refractivity contribution in [2.75, 3.05) is 129 Å². The highest BCUT2D eigenvalue weighted by atomic mass is 35.5. The third-order valence-corrected chi connectivity index (χ3v) is 13.0. The summed E-state index contributed by atoms with van der Waals surface area (Å²) in [5, 5.41) is 22.5. The molecule has 2 fully saturated rings. The number of piperazine rings is 1. The van der Waals surface area contributed by atoms with Crippen LogP contribution in [0.15, 0.2) is 48.8 Å². The van der Waals surface area contributed by atoms with Crippen LogP contribution >= 0.6 is 11.6 Å². The summed E-state index contributed by atoms with van der Waals surface area (Å²) >= 11 is 6.17. The van der Waals surface area contributed by atoms with Crippen LogP contribution in [0.1, 0.15) is 88.1 Å². The number of halogens is 1. The van der Waals surface area contributed by atoms with Crippen molar-refractivity contribution in [1.29, 1.82) is 0 Å². The zero-order valence-corrected chi connectivity index (χ0v) is 40.8. The molecule has 1 aromatic heterocycles. The van der Waals surface area contributed by atoms with Gasteiger partial charge in [0.05, 0.1) is 94.9 Å². The number of nitrogens with zero attached hydrogens (tertiary/aromatic N) is 5. The second-order valence-electron chi connectivity index (χ2n) is 17.5. The lowest BCUT2D eigenvalue weighted by Gasteiger charge is -2.38. The SMILES string of the molecule is C[C@@H]1C[C@@H](O)c2ncnc(N3CCN(C(=O)[C@H](CNCCC(=O)NCCOCCOCCOCCOCCOCCNc4cccc5c4C(=O)N(C4CCC(=O)NC4=O)C5=O)c4ccc(Cl)cc4)CC3)c21. The summed E-state index contributed by atoms with van der Waals surface area (Å²) in [4.78, 5) is 90.5. The number of aliphatic hydroxyl groups is 1. The summed E-state index contributed by atoms with van der Waals surface area (Å²) in [5.41, 5.74) is 3.41. The molecule has 0 spiro atoms. The Hall–Kier alpha value is -5.65. The number of carbonyl (C=O) groups is 6. The number of imide groups is 2. The third-order valence-electron chi connectivity index (χ3n) is 12.7. The quantitative estimate of drug-likeness (QED) is 0.0514. The average molecular weight is 1010 g/mol. The molecule has 71 heavy (non-hydrogen) atoms. The zero-order valence-electron chi connectivity index (χ0n) is 40.0. The van der Waals surface area contributed by atoms with Crippen LogP contribution in [0.3, 0.4) is 0 Å². The van der Waals surface area contributed by atoms with E-state index in [-0.39, 0.29) is 48.1 Å². The first-order valence-corrected chi connectivity index (χ1v) is 24.7. The third kappa shape index (κ3) is 14.3. The number of ether oxygens (including phenoxy) is 5. The number of rotatable bonds is 28. The van der Waals surface area contributed by atoms with Gasteiger partial charge in [0.2, 0.25) is 23.6 Å². The van der Waals surface area contributed by atoms with E-state index in [9.17, 15) is 33.9 Å². The first-order valence-electron chi connectivity index (χ1n) is 24.3. The van der Waals surface area contributed by atoms with Gasteiger partial charge in [-0.1, -0.05) is 36.7 Å². The second-order valence-corrected chi connectivity index (χ2v) is 18.0. The Morgan fingerprint density at radius 3 is 2.13 bits per heavy atom. The lowest BCUT2D eigenvalue weighted by Crippen LogP contribution is -2.54. The number of anilines is 2. The molecule has 4 heterocycles. The zero-order chi connectivity index (χ0) is 50.1. The highest BCUT2D eigenvalue weighted by Crippen LogP contribution is 2.43. The van der Waals surface area contributed by atoms with Crippen LogP contribution in [-0.4, -0.2) is 185 Å². The summed E-state index contributed by atoms with van der Waals surface area (Å²) in [7, 11) is 0. The highest BCUT2D eigenvalue weighted by molar-refractivity contribution is 6.30. The Morgan fingerprint density at radius 2 is 1.46 bits per heavy atom. The number of hydrogen-bond donors (Lipinski definition) is 5. The van der Waals surface area contributed by atoms with E-state index < -0.39 is 41.7 Å². The monoisotopic (exact) mass is 1010 g/mol. The van der Waals surface area contributed by atoms with E-state index in [1.807, 2.05) is 17.0 Å². The molecule has 22 heteroatoms. The van der Waals surface area contributed by atoms with Gasteiger partial charge in [-0.05, 0) is 48.6 Å². The lowest BCUT2D eigenvalue weighted by atomic mass is 9.97. The molecule has 2 saturated heterocycles. The number of benzene rings is 2. The fourth-order valence-electron chi connectivity index (χ4n) is 9.06. The fraction of sp³-hybridized carbons (Fsp3) is 0.551. The minimum absolute atomic E-state index is 0.00307. The molecule has 0 bridgehead atoms. The maximum atomic E-state index is 14.0. The molecular formula is C49H64ClN9O12. The largest absolute Gasteiger partial charge is 0.387 e. The van der Waals surface area contributed by atoms with E-state index in [0.717, 1.165) is 21.8 Å². The maximum absolute atomic E-state index is 14.0. The Bertz CT molecular complexity index is 2320. The van der Waals surface area contributed by atoms with Gasteiger partial charge in [-0.2, -0.15) is 0 Å². The molecule has 5 N–H and O–H groups in total. The average Bonchev–Trinajstić information content (AvgIpc) is 3.81. The van der Waals surface area contributed by atoms with Crippen LogP contribution in [0.4, 0.5) is 11.5 Å². The van der Waals surface area contributed by atoms with E-state index in [1.165, 1.54) is 6.33 Å². The molecule has 1 unspecified atom stereocenters. The number of aliphatic hydroxyl groups excluding tert-OH is 1. The van der Waals surface area contributed by atoms with Gasteiger partial charge in [0.15, 0.2) is 0 Å². The van der Waals surface area contributed by atoms with Crippen molar-refractivity contribution in [1.82, 2.24) is 35.7 Å². The second kappa shape index (κ2) is 26.7. The predicted molar refractivity (Wildman–Crippen MR) is 259 cm³/mol. The molecule has 4 atom stereocenters. The van der Waals surface area contributed by atoms with Gasteiger partial charge in [-0.3, -0.25) is 39.0 Å². The standard InChI is InChI=1S/C49H64ClN9O12/c1-32-29-39(60)44-42(32)45(55-31-54-44)57-15-17-58(18-16-57)47(64)36(33-5-7-34(50)8-6-33)30-51-12-11-40(61)53-14-20-68-22-24-70-26-28-71-27-25-69-23-21-67-19-13-52-37-4-2-3-35-43(37)49(66)59(48(35)65)38-9-10-41(62)56-46(38)63/h2-8,31-32,36,38-39,51-52,60H,9-30H2,1H3,(H,53,61)(H,56,62,63)/t32-,36-,38?,39-/m1/s1.